The zero-order chi connectivity index (χ0) is 16.2. The lowest BCUT2D eigenvalue weighted by Crippen LogP contribution is -2.35. The summed E-state index contributed by atoms with van der Waals surface area (Å²) in [5.41, 5.74) is 7.01. The molecule has 4 N–H and O–H groups in total. The van der Waals surface area contributed by atoms with Crippen LogP contribution in [0.25, 0.3) is 0 Å². The molecule has 1 aromatic rings. The molecule has 5 heteroatoms. The summed E-state index contributed by atoms with van der Waals surface area (Å²) in [6.07, 6.45) is 0.930. The fraction of sp³-hybridized carbons (Fsp3) is 0.588. The molecule has 0 aliphatic rings. The minimum absolute atomic E-state index is 0.256. The molecule has 1 atom stereocenters. The number of anilines is 1. The fourth-order valence-electron chi connectivity index (χ4n) is 1.96. The van der Waals surface area contributed by atoms with Crippen LogP contribution in [-0.2, 0) is 4.74 Å². The molecular formula is C17H30N4O. The quantitative estimate of drug-likeness (QED) is 0.353. The van der Waals surface area contributed by atoms with Crippen LogP contribution in [0.4, 0.5) is 5.69 Å². The van der Waals surface area contributed by atoms with Gasteiger partial charge in [-0.2, -0.15) is 0 Å². The Morgan fingerprint density at radius 2 is 2.00 bits per heavy atom. The number of hydrogen-bond acceptors (Lipinski definition) is 3. The highest BCUT2D eigenvalue weighted by atomic mass is 16.5. The maximum absolute atomic E-state index is 5.90. The summed E-state index contributed by atoms with van der Waals surface area (Å²) in [5.74, 6) is 0.965. The van der Waals surface area contributed by atoms with E-state index in [1.807, 2.05) is 25.1 Å². The monoisotopic (exact) mass is 306 g/mol. The molecule has 1 unspecified atom stereocenters. The van der Waals surface area contributed by atoms with Crippen LogP contribution in [0.3, 0.4) is 0 Å². The Kier molecular flexibility index (Phi) is 9.07. The molecule has 0 bridgehead atoms. The molecule has 0 heterocycles. The molecule has 0 saturated heterocycles. The van der Waals surface area contributed by atoms with Gasteiger partial charge >= 0.3 is 0 Å². The van der Waals surface area contributed by atoms with Crippen molar-refractivity contribution in [3.8, 4) is 0 Å². The van der Waals surface area contributed by atoms with Gasteiger partial charge in [-0.1, -0.05) is 32.0 Å². The molecule has 124 valence electrons. The van der Waals surface area contributed by atoms with E-state index in [1.54, 1.807) is 0 Å². The summed E-state index contributed by atoms with van der Waals surface area (Å²) in [4.78, 5) is 4.44. The number of rotatable bonds is 10. The van der Waals surface area contributed by atoms with Crippen LogP contribution >= 0.6 is 0 Å². The molecule has 0 aliphatic heterocycles. The van der Waals surface area contributed by atoms with Gasteiger partial charge < -0.3 is 21.1 Å². The lowest BCUT2D eigenvalue weighted by Gasteiger charge is -2.22. The maximum atomic E-state index is 5.90. The van der Waals surface area contributed by atoms with Gasteiger partial charge in [0.2, 0.25) is 0 Å². The zero-order valence-corrected chi connectivity index (χ0v) is 14.0. The summed E-state index contributed by atoms with van der Waals surface area (Å²) in [5, 5.41) is 6.63. The van der Waals surface area contributed by atoms with Crippen LogP contribution in [0.5, 0.6) is 0 Å². The van der Waals surface area contributed by atoms with Crippen LogP contribution in [-0.4, -0.2) is 38.3 Å². The lowest BCUT2D eigenvalue weighted by atomic mass is 10.0. The van der Waals surface area contributed by atoms with Gasteiger partial charge in [0, 0.05) is 31.5 Å². The summed E-state index contributed by atoms with van der Waals surface area (Å²) >= 11 is 0. The molecule has 0 aliphatic carbocycles. The molecule has 5 nitrogen and oxygen atoms in total. The average molecular weight is 306 g/mol. The first-order valence-corrected chi connectivity index (χ1v) is 8.06. The third kappa shape index (κ3) is 7.88. The average Bonchev–Trinajstić information content (AvgIpc) is 2.52. The molecule has 0 saturated carbocycles. The highest BCUT2D eigenvalue weighted by Crippen LogP contribution is 2.12. The van der Waals surface area contributed by atoms with Crippen LogP contribution in [0.1, 0.15) is 27.2 Å². The highest BCUT2D eigenvalue weighted by Gasteiger charge is 2.12. The summed E-state index contributed by atoms with van der Waals surface area (Å²) in [6.45, 7) is 9.30. The summed E-state index contributed by atoms with van der Waals surface area (Å²) in [6, 6.07) is 10.4. The number of nitrogens with two attached hydrogens (primary N) is 1. The standard InChI is InChI=1S/C17H30N4O/c1-4-22-12-8-11-19-17(18)20-13-16(14(2)3)21-15-9-6-5-7-10-15/h5-7,9-10,14,16,21H,4,8,11-13H2,1-3H3,(H3,18,19,20). The first-order chi connectivity index (χ1) is 10.6. The molecule has 0 amide bonds. The van der Waals surface area contributed by atoms with Crippen molar-refractivity contribution in [1.29, 1.82) is 0 Å². The van der Waals surface area contributed by atoms with E-state index in [-0.39, 0.29) is 6.04 Å². The molecule has 0 radical (unpaired) electrons. The molecule has 0 fully saturated rings. The van der Waals surface area contributed by atoms with Crippen molar-refractivity contribution in [3.05, 3.63) is 30.3 Å². The minimum Gasteiger partial charge on any atom is -0.382 e. The molecule has 1 rings (SSSR count). The second-order valence-electron chi connectivity index (χ2n) is 5.56. The van der Waals surface area contributed by atoms with Gasteiger partial charge in [0.1, 0.15) is 0 Å². The van der Waals surface area contributed by atoms with Crippen molar-refractivity contribution >= 4 is 11.6 Å². The number of aliphatic imine (C=N–C) groups is 1. The number of hydrogen-bond donors (Lipinski definition) is 3. The van der Waals surface area contributed by atoms with E-state index in [4.69, 9.17) is 10.5 Å². The van der Waals surface area contributed by atoms with Crippen molar-refractivity contribution in [2.45, 2.75) is 33.2 Å². The van der Waals surface area contributed by atoms with Crippen LogP contribution in [0, 0.1) is 5.92 Å². The number of nitrogens with one attached hydrogen (secondary N) is 2. The second kappa shape index (κ2) is 10.9. The largest absolute Gasteiger partial charge is 0.382 e. The van der Waals surface area contributed by atoms with E-state index in [0.717, 1.165) is 31.9 Å². The van der Waals surface area contributed by atoms with E-state index in [9.17, 15) is 0 Å². The second-order valence-corrected chi connectivity index (χ2v) is 5.56. The first-order valence-electron chi connectivity index (χ1n) is 8.06. The van der Waals surface area contributed by atoms with Gasteiger partial charge in [-0.3, -0.25) is 4.99 Å². The predicted octanol–water partition coefficient (Wildman–Crippen LogP) is 2.45. The van der Waals surface area contributed by atoms with Crippen molar-refractivity contribution in [1.82, 2.24) is 5.32 Å². The van der Waals surface area contributed by atoms with Crippen LogP contribution < -0.4 is 16.4 Å². The Labute approximate surface area is 134 Å². The van der Waals surface area contributed by atoms with Gasteiger partial charge in [-0.05, 0) is 31.4 Å². The van der Waals surface area contributed by atoms with Gasteiger partial charge in [-0.25, -0.2) is 0 Å². The van der Waals surface area contributed by atoms with Gasteiger partial charge in [0.05, 0.1) is 6.54 Å². The van der Waals surface area contributed by atoms with Gasteiger partial charge in [-0.15, -0.1) is 0 Å². The Hall–Kier alpha value is -1.75. The Bertz CT molecular complexity index is 420. The van der Waals surface area contributed by atoms with E-state index in [2.05, 4.69) is 41.6 Å². The molecule has 0 spiro atoms. The third-order valence-electron chi connectivity index (χ3n) is 3.36. The van der Waals surface area contributed by atoms with Crippen molar-refractivity contribution in [2.75, 3.05) is 31.6 Å². The summed E-state index contributed by atoms with van der Waals surface area (Å²) in [7, 11) is 0. The number of nitrogens with zero attached hydrogens (tertiary/aromatic N) is 1. The normalized spacial score (nSPS) is 13.2. The van der Waals surface area contributed by atoms with Crippen molar-refractivity contribution in [2.24, 2.45) is 16.6 Å². The maximum Gasteiger partial charge on any atom is 0.188 e. The fourth-order valence-corrected chi connectivity index (χ4v) is 1.96. The lowest BCUT2D eigenvalue weighted by molar-refractivity contribution is 0.145. The highest BCUT2D eigenvalue weighted by molar-refractivity contribution is 5.77. The topological polar surface area (TPSA) is 71.7 Å². The smallest absolute Gasteiger partial charge is 0.188 e. The van der Waals surface area contributed by atoms with E-state index >= 15 is 0 Å². The Balaban J connectivity index is 2.37. The summed E-state index contributed by atoms with van der Waals surface area (Å²) < 4.78 is 5.28. The Morgan fingerprint density at radius 3 is 2.64 bits per heavy atom. The van der Waals surface area contributed by atoms with Crippen LogP contribution in [0.2, 0.25) is 0 Å². The Morgan fingerprint density at radius 1 is 1.27 bits per heavy atom. The van der Waals surface area contributed by atoms with Crippen molar-refractivity contribution < 1.29 is 4.74 Å². The molecule has 1 aromatic carbocycles. The van der Waals surface area contributed by atoms with Crippen molar-refractivity contribution in [3.63, 3.8) is 0 Å². The number of benzene rings is 1. The van der Waals surface area contributed by atoms with Gasteiger partial charge in [0.15, 0.2) is 5.96 Å². The van der Waals surface area contributed by atoms with E-state index < -0.39 is 0 Å². The van der Waals surface area contributed by atoms with E-state index in [0.29, 0.717) is 18.4 Å². The SMILES string of the molecule is CCOCCCNC(N)=NCC(Nc1ccccc1)C(C)C. The zero-order valence-electron chi connectivity index (χ0n) is 14.0. The third-order valence-corrected chi connectivity index (χ3v) is 3.36. The predicted molar refractivity (Wildman–Crippen MR) is 94.3 cm³/mol. The van der Waals surface area contributed by atoms with Crippen LogP contribution in [0.15, 0.2) is 35.3 Å². The molecule has 0 aromatic heterocycles. The number of para-hydroxylation sites is 1. The number of ether oxygens (including phenoxy) is 1. The minimum atomic E-state index is 0.256. The van der Waals surface area contributed by atoms with E-state index in [1.165, 1.54) is 0 Å². The molecular weight excluding hydrogens is 276 g/mol. The van der Waals surface area contributed by atoms with Gasteiger partial charge in [0.25, 0.3) is 0 Å². The first kappa shape index (κ1) is 18.3. The molecule has 22 heavy (non-hydrogen) atoms. The number of guanidine groups is 1.